The standard InChI is InChI=1S/C18H28N5O4P/c1-27-15-11-14-12-20-23(7-2-6-19)18(24)16(14)17(21-15)22-8-3-13(4-9-22)5-10-28(25)26/h11-13,25-26H,2-10,19H2,1H3. The molecule has 1 fully saturated rings. The lowest BCUT2D eigenvalue weighted by atomic mass is 9.94. The fraction of sp³-hybridized carbons (Fsp3) is 0.611. The van der Waals surface area contributed by atoms with Crippen molar-refractivity contribution in [3.63, 3.8) is 0 Å². The molecule has 0 unspecified atom stereocenters. The minimum atomic E-state index is -1.83. The van der Waals surface area contributed by atoms with Crippen LogP contribution in [0, 0.1) is 5.92 Å². The van der Waals surface area contributed by atoms with E-state index in [-0.39, 0.29) is 5.56 Å². The predicted molar refractivity (Wildman–Crippen MR) is 110 cm³/mol. The average Bonchev–Trinajstić information content (AvgIpc) is 2.71. The molecule has 2 aromatic rings. The van der Waals surface area contributed by atoms with Crippen molar-refractivity contribution in [2.24, 2.45) is 11.7 Å². The van der Waals surface area contributed by atoms with Crippen LogP contribution in [0.1, 0.15) is 25.7 Å². The molecule has 0 aromatic carbocycles. The molecule has 4 N–H and O–H groups in total. The lowest BCUT2D eigenvalue weighted by Crippen LogP contribution is -2.36. The number of fused-ring (bicyclic) bond motifs is 1. The van der Waals surface area contributed by atoms with Crippen molar-refractivity contribution >= 4 is 25.0 Å². The molecule has 3 heterocycles. The predicted octanol–water partition coefficient (Wildman–Crippen LogP) is 1.05. The van der Waals surface area contributed by atoms with Crippen molar-refractivity contribution in [2.75, 3.05) is 37.8 Å². The van der Waals surface area contributed by atoms with Gasteiger partial charge in [0.2, 0.25) is 5.88 Å². The first kappa shape index (κ1) is 20.9. The number of pyridine rings is 1. The van der Waals surface area contributed by atoms with E-state index in [9.17, 15) is 4.79 Å². The first-order chi connectivity index (χ1) is 13.5. The van der Waals surface area contributed by atoms with Gasteiger partial charge in [0.15, 0.2) is 8.38 Å². The highest BCUT2D eigenvalue weighted by molar-refractivity contribution is 7.45. The van der Waals surface area contributed by atoms with Gasteiger partial charge in [-0.05, 0) is 38.1 Å². The Balaban J connectivity index is 1.90. The zero-order valence-electron chi connectivity index (χ0n) is 16.1. The molecular weight excluding hydrogens is 381 g/mol. The minimum Gasteiger partial charge on any atom is -0.481 e. The van der Waals surface area contributed by atoms with Crippen LogP contribution in [0.3, 0.4) is 0 Å². The first-order valence-corrected chi connectivity index (χ1v) is 11.0. The number of hydrogen-bond acceptors (Lipinski definition) is 8. The summed E-state index contributed by atoms with van der Waals surface area (Å²) in [5, 5.41) is 5.53. The fourth-order valence-corrected chi connectivity index (χ4v) is 4.22. The number of anilines is 1. The molecule has 1 aliphatic heterocycles. The van der Waals surface area contributed by atoms with Crippen LogP contribution in [-0.2, 0) is 6.54 Å². The summed E-state index contributed by atoms with van der Waals surface area (Å²) in [6.45, 7) is 2.50. The summed E-state index contributed by atoms with van der Waals surface area (Å²) in [7, 11) is -0.268. The Kier molecular flexibility index (Phi) is 7.18. The summed E-state index contributed by atoms with van der Waals surface area (Å²) in [4.78, 5) is 38.0. The van der Waals surface area contributed by atoms with E-state index in [2.05, 4.69) is 15.0 Å². The van der Waals surface area contributed by atoms with Crippen molar-refractivity contribution in [3.05, 3.63) is 22.6 Å². The third-order valence-electron chi connectivity index (χ3n) is 5.23. The van der Waals surface area contributed by atoms with E-state index in [1.165, 1.54) is 4.68 Å². The van der Waals surface area contributed by atoms with Gasteiger partial charge in [0.1, 0.15) is 5.82 Å². The third kappa shape index (κ3) is 4.78. The maximum atomic E-state index is 13.0. The largest absolute Gasteiger partial charge is 0.481 e. The van der Waals surface area contributed by atoms with Crippen LogP contribution in [0.2, 0.25) is 0 Å². The van der Waals surface area contributed by atoms with Gasteiger partial charge >= 0.3 is 0 Å². The Morgan fingerprint density at radius 2 is 2.11 bits per heavy atom. The fourth-order valence-electron chi connectivity index (χ4n) is 3.63. The molecule has 0 radical (unpaired) electrons. The highest BCUT2D eigenvalue weighted by Gasteiger charge is 2.24. The number of nitrogens with two attached hydrogens (primary N) is 1. The zero-order valence-corrected chi connectivity index (χ0v) is 17.0. The zero-order chi connectivity index (χ0) is 20.1. The topological polar surface area (TPSA) is 127 Å². The van der Waals surface area contributed by atoms with E-state index in [0.29, 0.717) is 54.1 Å². The Morgan fingerprint density at radius 3 is 2.75 bits per heavy atom. The number of aromatic nitrogens is 3. The Hall–Kier alpha value is -1.80. The molecule has 1 saturated heterocycles. The van der Waals surface area contributed by atoms with Gasteiger partial charge < -0.3 is 25.2 Å². The first-order valence-electron chi connectivity index (χ1n) is 9.58. The summed E-state index contributed by atoms with van der Waals surface area (Å²) in [6.07, 6.45) is 5.48. The maximum Gasteiger partial charge on any atom is 0.278 e. The van der Waals surface area contributed by atoms with Gasteiger partial charge in [-0.25, -0.2) is 4.68 Å². The van der Waals surface area contributed by atoms with E-state index in [4.69, 9.17) is 20.3 Å². The SMILES string of the molecule is COc1cc2cnn(CCCN)c(=O)c2c(N2CCC(CCP(O)O)CC2)n1. The summed E-state index contributed by atoms with van der Waals surface area (Å²) in [5.74, 6) is 1.55. The van der Waals surface area contributed by atoms with Crippen LogP contribution in [0.15, 0.2) is 17.1 Å². The Bertz CT molecular complexity index is 852. The second kappa shape index (κ2) is 9.60. The van der Waals surface area contributed by atoms with Crippen molar-refractivity contribution in [1.29, 1.82) is 0 Å². The smallest absolute Gasteiger partial charge is 0.278 e. The van der Waals surface area contributed by atoms with Crippen LogP contribution < -0.4 is 20.9 Å². The van der Waals surface area contributed by atoms with Gasteiger partial charge in [-0.2, -0.15) is 10.1 Å². The van der Waals surface area contributed by atoms with Crippen molar-refractivity contribution < 1.29 is 14.5 Å². The lowest BCUT2D eigenvalue weighted by molar-refractivity contribution is 0.381. The molecular formula is C18H28N5O4P. The normalized spacial score (nSPS) is 15.5. The highest BCUT2D eigenvalue weighted by Crippen LogP contribution is 2.32. The molecule has 0 atom stereocenters. The highest BCUT2D eigenvalue weighted by atomic mass is 31.2. The summed E-state index contributed by atoms with van der Waals surface area (Å²) < 4.78 is 6.78. The number of aryl methyl sites for hydroxylation is 1. The Morgan fingerprint density at radius 1 is 1.36 bits per heavy atom. The molecule has 0 aliphatic carbocycles. The van der Waals surface area contributed by atoms with Crippen molar-refractivity contribution in [1.82, 2.24) is 14.8 Å². The van der Waals surface area contributed by atoms with Crippen LogP contribution in [0.25, 0.3) is 10.8 Å². The molecule has 28 heavy (non-hydrogen) atoms. The van der Waals surface area contributed by atoms with Gasteiger partial charge in [0.05, 0.1) is 18.7 Å². The van der Waals surface area contributed by atoms with Crippen LogP contribution in [0.4, 0.5) is 5.82 Å². The monoisotopic (exact) mass is 409 g/mol. The van der Waals surface area contributed by atoms with Gasteiger partial charge in [-0.1, -0.05) is 0 Å². The number of ether oxygens (including phenoxy) is 1. The second-order valence-electron chi connectivity index (χ2n) is 7.08. The molecule has 1 aliphatic rings. The van der Waals surface area contributed by atoms with Crippen LogP contribution >= 0.6 is 8.38 Å². The second-order valence-corrected chi connectivity index (χ2v) is 8.27. The molecule has 0 saturated carbocycles. The van der Waals surface area contributed by atoms with Crippen LogP contribution in [0.5, 0.6) is 5.88 Å². The minimum absolute atomic E-state index is 0.163. The van der Waals surface area contributed by atoms with Gasteiger partial charge in [0.25, 0.3) is 5.56 Å². The number of nitrogens with zero attached hydrogens (tertiary/aromatic N) is 4. The van der Waals surface area contributed by atoms with Crippen molar-refractivity contribution in [2.45, 2.75) is 32.2 Å². The van der Waals surface area contributed by atoms with E-state index < -0.39 is 8.38 Å². The molecule has 0 bridgehead atoms. The summed E-state index contributed by atoms with van der Waals surface area (Å²) in [6, 6.07) is 1.73. The summed E-state index contributed by atoms with van der Waals surface area (Å²) in [5.41, 5.74) is 5.41. The molecule has 9 nitrogen and oxygen atoms in total. The number of hydrogen-bond donors (Lipinski definition) is 3. The molecule has 0 amide bonds. The quantitative estimate of drug-likeness (QED) is 0.552. The lowest BCUT2D eigenvalue weighted by Gasteiger charge is -2.33. The molecule has 2 aromatic heterocycles. The maximum absolute atomic E-state index is 13.0. The van der Waals surface area contributed by atoms with Gasteiger partial charge in [-0.15, -0.1) is 0 Å². The molecule has 3 rings (SSSR count). The van der Waals surface area contributed by atoms with Crippen molar-refractivity contribution in [3.8, 4) is 5.88 Å². The molecule has 10 heteroatoms. The van der Waals surface area contributed by atoms with Gasteiger partial charge in [0, 0.05) is 37.2 Å². The number of piperidine rings is 1. The van der Waals surface area contributed by atoms with E-state index in [1.807, 2.05) is 0 Å². The van der Waals surface area contributed by atoms with E-state index in [0.717, 1.165) is 32.4 Å². The Labute approximate surface area is 165 Å². The van der Waals surface area contributed by atoms with E-state index in [1.54, 1.807) is 19.4 Å². The van der Waals surface area contributed by atoms with Crippen LogP contribution in [-0.4, -0.2) is 57.5 Å². The molecule has 154 valence electrons. The number of methoxy groups -OCH3 is 1. The van der Waals surface area contributed by atoms with Gasteiger partial charge in [-0.3, -0.25) is 4.79 Å². The average molecular weight is 409 g/mol. The van der Waals surface area contributed by atoms with E-state index >= 15 is 0 Å². The molecule has 0 spiro atoms. The number of rotatable bonds is 8. The summed E-state index contributed by atoms with van der Waals surface area (Å²) >= 11 is 0. The third-order valence-corrected chi connectivity index (χ3v) is 5.88.